The lowest BCUT2D eigenvalue weighted by Gasteiger charge is -2.39. The van der Waals surface area contributed by atoms with E-state index >= 15 is 0 Å². The summed E-state index contributed by atoms with van der Waals surface area (Å²) in [6, 6.07) is 0. The summed E-state index contributed by atoms with van der Waals surface area (Å²) >= 11 is 0. The van der Waals surface area contributed by atoms with Crippen molar-refractivity contribution in [2.24, 2.45) is 28.1 Å². The number of halogens is 3. The predicted octanol–water partition coefficient (Wildman–Crippen LogP) is 6.39. The molecule has 0 aromatic carbocycles. The second kappa shape index (κ2) is 21.6. The molecule has 3 fully saturated rings. The maximum Gasteiger partial charge on any atom is 0.144 e. The fourth-order valence-corrected chi connectivity index (χ4v) is 7.57. The van der Waals surface area contributed by atoms with Crippen molar-refractivity contribution < 1.29 is 14.4 Å². The highest BCUT2D eigenvalue weighted by Crippen LogP contribution is 2.37. The predicted molar refractivity (Wildman–Crippen MR) is 194 cm³/mol. The standard InChI is InChI=1S/C13H26N2O.C11H21NO.C10H19NO.3ClH/c1-13(10-15(4)5)8-6-7-11(12(13)16)9-14(2)3;1-9-6-5-7-11(2,10(9)13)8-12(3)4;1-10(8-11(2)3)7-5-4-6-9(10)12;;;/h11H,6-10H2,1-5H3;9H,5-8H2,1-4H3;4-8H2,1-3H3;3*1H. The Morgan fingerprint density at radius 1 is 0.568 bits per heavy atom. The van der Waals surface area contributed by atoms with Gasteiger partial charge in [0, 0.05) is 60.7 Å². The van der Waals surface area contributed by atoms with Gasteiger partial charge in [0.2, 0.25) is 0 Å². The minimum atomic E-state index is -0.123. The molecule has 3 rings (SSSR count). The van der Waals surface area contributed by atoms with E-state index in [0.29, 0.717) is 17.3 Å². The fourth-order valence-electron chi connectivity index (χ4n) is 7.57. The van der Waals surface area contributed by atoms with Crippen LogP contribution in [0, 0.1) is 28.1 Å². The lowest BCUT2D eigenvalue weighted by atomic mass is 9.69. The average molecular weight is 688 g/mol. The van der Waals surface area contributed by atoms with Crippen molar-refractivity contribution in [3.05, 3.63) is 0 Å². The number of carbonyl (C=O) groups is 3. The lowest BCUT2D eigenvalue weighted by molar-refractivity contribution is -0.137. The maximum atomic E-state index is 12.5. The first-order chi connectivity index (χ1) is 18.8. The Bertz CT molecular complexity index is 858. The van der Waals surface area contributed by atoms with Crippen molar-refractivity contribution in [3.8, 4) is 0 Å². The van der Waals surface area contributed by atoms with Crippen LogP contribution in [0.1, 0.15) is 91.9 Å². The van der Waals surface area contributed by atoms with Gasteiger partial charge in [-0.2, -0.15) is 0 Å². The number of hydrogen-bond donors (Lipinski definition) is 0. The summed E-state index contributed by atoms with van der Waals surface area (Å²) in [5.74, 6) is 1.92. The smallest absolute Gasteiger partial charge is 0.144 e. The van der Waals surface area contributed by atoms with Gasteiger partial charge in [-0.1, -0.05) is 47.0 Å². The number of rotatable bonds is 8. The van der Waals surface area contributed by atoms with Crippen molar-refractivity contribution in [3.63, 3.8) is 0 Å². The SMILES string of the molecule is CC1CCCC(C)(CN(C)C)C1=O.CN(C)CC1(C)CCCCC1=O.CN(C)CC1CCCC(C)(CN(C)C)C1=O.Cl.Cl.Cl. The van der Waals surface area contributed by atoms with Gasteiger partial charge in [-0.25, -0.2) is 0 Å². The van der Waals surface area contributed by atoms with Gasteiger partial charge in [0.15, 0.2) is 0 Å². The highest BCUT2D eigenvalue weighted by molar-refractivity contribution is 5.88. The largest absolute Gasteiger partial charge is 0.309 e. The average Bonchev–Trinajstić information content (AvgIpc) is 2.82. The van der Waals surface area contributed by atoms with E-state index in [2.05, 4.69) is 47.3 Å². The van der Waals surface area contributed by atoms with E-state index in [-0.39, 0.29) is 65.3 Å². The van der Waals surface area contributed by atoms with Crippen LogP contribution in [0.4, 0.5) is 0 Å². The van der Waals surface area contributed by atoms with Crippen LogP contribution in [0.15, 0.2) is 0 Å². The second-order valence-electron chi connectivity index (χ2n) is 15.4. The molecule has 7 nitrogen and oxygen atoms in total. The summed E-state index contributed by atoms with van der Waals surface area (Å²) < 4.78 is 0. The molecule has 10 heteroatoms. The number of nitrogens with zero attached hydrogens (tertiary/aromatic N) is 4. The number of carbonyl (C=O) groups excluding carboxylic acids is 3. The summed E-state index contributed by atoms with van der Waals surface area (Å²) in [5.41, 5.74) is -0.259. The third kappa shape index (κ3) is 15.5. The normalized spacial score (nSPS) is 30.4. The summed E-state index contributed by atoms with van der Waals surface area (Å²) in [5, 5.41) is 0. The second-order valence-corrected chi connectivity index (χ2v) is 15.4. The third-order valence-corrected chi connectivity index (χ3v) is 9.29. The fraction of sp³-hybridized carbons (Fsp3) is 0.912. The maximum absolute atomic E-state index is 12.5. The van der Waals surface area contributed by atoms with Crippen LogP contribution in [0.3, 0.4) is 0 Å². The van der Waals surface area contributed by atoms with Crippen molar-refractivity contribution in [1.29, 1.82) is 0 Å². The molecule has 0 aromatic rings. The quantitative estimate of drug-likeness (QED) is 0.293. The van der Waals surface area contributed by atoms with Gasteiger partial charge in [-0.15, -0.1) is 37.2 Å². The van der Waals surface area contributed by atoms with Crippen molar-refractivity contribution in [2.45, 2.75) is 91.9 Å². The van der Waals surface area contributed by atoms with Gasteiger partial charge >= 0.3 is 0 Å². The van der Waals surface area contributed by atoms with Crippen molar-refractivity contribution in [1.82, 2.24) is 19.6 Å². The molecule has 0 heterocycles. The molecule has 0 N–H and O–H groups in total. The van der Waals surface area contributed by atoms with Gasteiger partial charge in [-0.05, 0) is 94.9 Å². The minimum Gasteiger partial charge on any atom is -0.309 e. The molecule has 264 valence electrons. The molecule has 0 saturated heterocycles. The zero-order chi connectivity index (χ0) is 31.6. The van der Waals surface area contributed by atoms with Gasteiger partial charge in [-0.3, -0.25) is 14.4 Å². The molecule has 3 aliphatic rings. The Balaban J connectivity index is -0.000000560. The first-order valence-electron chi connectivity index (χ1n) is 16.1. The topological polar surface area (TPSA) is 64.2 Å². The number of ketones is 3. The third-order valence-electron chi connectivity index (χ3n) is 9.29. The van der Waals surface area contributed by atoms with E-state index in [9.17, 15) is 14.4 Å². The van der Waals surface area contributed by atoms with E-state index in [1.54, 1.807) is 0 Å². The monoisotopic (exact) mass is 686 g/mol. The van der Waals surface area contributed by atoms with Crippen LogP contribution in [0.2, 0.25) is 0 Å². The van der Waals surface area contributed by atoms with E-state index in [1.807, 2.05) is 56.4 Å². The molecule has 0 spiro atoms. The number of Topliss-reactive ketones (excluding diaryl/α,β-unsaturated/α-hetero) is 3. The zero-order valence-electron chi connectivity index (χ0n) is 30.3. The van der Waals surface area contributed by atoms with Gasteiger partial charge in [0.1, 0.15) is 17.3 Å². The molecule has 0 bridgehead atoms. The van der Waals surface area contributed by atoms with Crippen LogP contribution in [-0.4, -0.2) is 120 Å². The van der Waals surface area contributed by atoms with Crippen LogP contribution < -0.4 is 0 Å². The Kier molecular flexibility index (Phi) is 23.6. The molecule has 0 aromatic heterocycles. The molecule has 0 aliphatic heterocycles. The van der Waals surface area contributed by atoms with Crippen LogP contribution in [0.5, 0.6) is 0 Å². The molecule has 5 atom stereocenters. The molecule has 44 heavy (non-hydrogen) atoms. The number of hydrogen-bond acceptors (Lipinski definition) is 7. The lowest BCUT2D eigenvalue weighted by Crippen LogP contribution is -2.46. The van der Waals surface area contributed by atoms with E-state index in [4.69, 9.17) is 0 Å². The molecule has 3 aliphatic carbocycles. The van der Waals surface area contributed by atoms with Gasteiger partial charge in [0.05, 0.1) is 0 Å². The molecular formula is C34H69Cl3N4O3. The zero-order valence-corrected chi connectivity index (χ0v) is 32.7. The molecule has 3 saturated carbocycles. The Labute approximate surface area is 290 Å². The highest BCUT2D eigenvalue weighted by Gasteiger charge is 2.41. The highest BCUT2D eigenvalue weighted by atomic mass is 35.5. The molecule has 5 unspecified atom stereocenters. The molecule has 0 radical (unpaired) electrons. The van der Waals surface area contributed by atoms with Crippen LogP contribution >= 0.6 is 37.2 Å². The molecule has 0 amide bonds. The first-order valence-corrected chi connectivity index (χ1v) is 16.1. The van der Waals surface area contributed by atoms with Gasteiger partial charge in [0.25, 0.3) is 0 Å². The Hall–Kier alpha value is -0.280. The summed E-state index contributed by atoms with van der Waals surface area (Å²) in [7, 11) is 16.3. The van der Waals surface area contributed by atoms with Crippen LogP contribution in [-0.2, 0) is 14.4 Å². The van der Waals surface area contributed by atoms with Gasteiger partial charge < -0.3 is 19.6 Å². The Morgan fingerprint density at radius 3 is 1.41 bits per heavy atom. The molecular weight excluding hydrogens is 619 g/mol. The Morgan fingerprint density at radius 2 is 0.977 bits per heavy atom. The summed E-state index contributed by atoms with van der Waals surface area (Å²) in [6.45, 7) is 12.0. The van der Waals surface area contributed by atoms with E-state index in [0.717, 1.165) is 71.1 Å². The minimum absolute atomic E-state index is 0. The van der Waals surface area contributed by atoms with Crippen molar-refractivity contribution in [2.75, 3.05) is 82.6 Å². The van der Waals surface area contributed by atoms with Crippen LogP contribution in [0.25, 0.3) is 0 Å². The summed E-state index contributed by atoms with van der Waals surface area (Å²) in [6.07, 6.45) is 10.8. The van der Waals surface area contributed by atoms with E-state index in [1.165, 1.54) is 19.3 Å². The summed E-state index contributed by atoms with van der Waals surface area (Å²) in [4.78, 5) is 44.5. The van der Waals surface area contributed by atoms with Crippen molar-refractivity contribution >= 4 is 54.6 Å². The van der Waals surface area contributed by atoms with E-state index < -0.39 is 0 Å². The first kappa shape index (κ1) is 48.1.